The van der Waals surface area contributed by atoms with Gasteiger partial charge in [-0.2, -0.15) is 0 Å². The molecule has 0 unspecified atom stereocenters. The zero-order valence-corrected chi connectivity index (χ0v) is 14.7. The van der Waals surface area contributed by atoms with Crippen molar-refractivity contribution in [1.82, 2.24) is 10.6 Å². The summed E-state index contributed by atoms with van der Waals surface area (Å²) in [6, 6.07) is 19.0. The van der Waals surface area contributed by atoms with Gasteiger partial charge in [0, 0.05) is 18.2 Å². The zero-order valence-electron chi connectivity index (χ0n) is 14.7. The van der Waals surface area contributed by atoms with Crippen molar-refractivity contribution in [2.24, 2.45) is 4.99 Å². The average Bonchev–Trinajstić information content (AvgIpc) is 2.67. The number of benzene rings is 2. The highest BCUT2D eigenvalue weighted by Crippen LogP contribution is 2.32. The van der Waals surface area contributed by atoms with Gasteiger partial charge in [-0.05, 0) is 48.0 Å². The minimum atomic E-state index is 0.214. The number of nitrogens with zero attached hydrogens (tertiary/aromatic N) is 1. The molecule has 2 aromatic carbocycles. The molecule has 0 saturated carbocycles. The van der Waals surface area contributed by atoms with Crippen molar-refractivity contribution in [2.75, 3.05) is 26.3 Å². The molecule has 2 aromatic rings. The molecule has 3 nitrogen and oxygen atoms in total. The molecule has 1 heterocycles. The summed E-state index contributed by atoms with van der Waals surface area (Å²) in [5, 5.41) is 9.15. The number of piperidine rings is 1. The summed E-state index contributed by atoms with van der Waals surface area (Å²) in [6.07, 6.45) is 6.21. The highest BCUT2D eigenvalue weighted by atomic mass is 15.0. The molecular formula is C22H27N3. The molecule has 0 radical (unpaired) electrons. The predicted molar refractivity (Wildman–Crippen MR) is 107 cm³/mol. The van der Waals surface area contributed by atoms with Crippen molar-refractivity contribution in [3.8, 4) is 0 Å². The van der Waals surface area contributed by atoms with E-state index in [4.69, 9.17) is 0 Å². The van der Waals surface area contributed by atoms with E-state index in [1.807, 2.05) is 30.5 Å². The normalized spacial score (nSPS) is 17.8. The predicted octanol–water partition coefficient (Wildman–Crippen LogP) is 1.82. The standard InChI is InChI=1S/C22H27N3/c1-19-7-5-6-8-20(19)11-14-24-18-25-17-22(12-15-23-16-13-22)21-9-3-2-4-10-21/h2-11,14,23,25H,1,12-13,15-18H2/b20-11-,24-14-. The van der Waals surface area contributed by atoms with Crippen LogP contribution in [-0.4, -0.2) is 32.5 Å². The molecule has 3 heteroatoms. The van der Waals surface area contributed by atoms with Crippen LogP contribution in [-0.2, 0) is 5.41 Å². The fraction of sp³-hybridized carbons (Fsp3) is 0.318. The molecule has 130 valence electrons. The van der Waals surface area contributed by atoms with E-state index in [1.165, 1.54) is 5.56 Å². The second kappa shape index (κ2) is 8.75. The largest absolute Gasteiger partial charge is 0.317 e. The van der Waals surface area contributed by atoms with Gasteiger partial charge in [0.05, 0.1) is 6.67 Å². The number of hydrogen-bond acceptors (Lipinski definition) is 3. The SMILES string of the molecule is C=c1cccc/c1=C/C=N\CNCC1(c2ccccc2)CCNCC1. The Kier molecular flexibility index (Phi) is 6.15. The van der Waals surface area contributed by atoms with Crippen LogP contribution in [0.5, 0.6) is 0 Å². The van der Waals surface area contributed by atoms with E-state index < -0.39 is 0 Å². The molecule has 0 spiro atoms. The second-order valence-electron chi connectivity index (χ2n) is 6.68. The highest BCUT2D eigenvalue weighted by molar-refractivity contribution is 5.90. The molecular weight excluding hydrogens is 306 g/mol. The third-order valence-electron chi connectivity index (χ3n) is 5.03. The van der Waals surface area contributed by atoms with Crippen LogP contribution in [0.15, 0.2) is 59.6 Å². The summed E-state index contributed by atoms with van der Waals surface area (Å²) in [5.41, 5.74) is 1.65. The molecule has 0 aromatic heterocycles. The van der Waals surface area contributed by atoms with E-state index in [9.17, 15) is 0 Å². The zero-order chi connectivity index (χ0) is 17.4. The van der Waals surface area contributed by atoms with Gasteiger partial charge >= 0.3 is 0 Å². The smallest absolute Gasteiger partial charge is 0.0884 e. The van der Waals surface area contributed by atoms with E-state index in [1.54, 1.807) is 0 Å². The first kappa shape index (κ1) is 17.6. The highest BCUT2D eigenvalue weighted by Gasteiger charge is 2.33. The first-order valence-electron chi connectivity index (χ1n) is 9.01. The van der Waals surface area contributed by atoms with Crippen LogP contribution in [0.25, 0.3) is 12.7 Å². The maximum Gasteiger partial charge on any atom is 0.0884 e. The fourth-order valence-corrected chi connectivity index (χ4v) is 3.51. The molecule has 3 rings (SSSR count). The first-order valence-corrected chi connectivity index (χ1v) is 9.01. The van der Waals surface area contributed by atoms with Crippen molar-refractivity contribution in [1.29, 1.82) is 0 Å². The van der Waals surface area contributed by atoms with Crippen molar-refractivity contribution >= 4 is 18.9 Å². The van der Waals surface area contributed by atoms with Crippen LogP contribution in [0.4, 0.5) is 0 Å². The lowest BCUT2D eigenvalue weighted by Crippen LogP contribution is -2.46. The van der Waals surface area contributed by atoms with Gasteiger partial charge in [0.25, 0.3) is 0 Å². The van der Waals surface area contributed by atoms with Gasteiger partial charge < -0.3 is 5.32 Å². The average molecular weight is 333 g/mol. The first-order chi connectivity index (χ1) is 12.3. The topological polar surface area (TPSA) is 36.4 Å². The van der Waals surface area contributed by atoms with Crippen molar-refractivity contribution in [2.45, 2.75) is 18.3 Å². The number of rotatable bonds is 6. The molecule has 25 heavy (non-hydrogen) atoms. The van der Waals surface area contributed by atoms with Gasteiger partial charge in [-0.3, -0.25) is 10.3 Å². The maximum atomic E-state index is 4.48. The minimum absolute atomic E-state index is 0.214. The molecule has 0 aliphatic carbocycles. The number of hydrogen-bond donors (Lipinski definition) is 2. The van der Waals surface area contributed by atoms with Gasteiger partial charge in [0.2, 0.25) is 0 Å². The molecule has 0 amide bonds. The third-order valence-corrected chi connectivity index (χ3v) is 5.03. The monoisotopic (exact) mass is 333 g/mol. The van der Waals surface area contributed by atoms with E-state index in [0.29, 0.717) is 6.67 Å². The van der Waals surface area contributed by atoms with Gasteiger partial charge in [0.15, 0.2) is 0 Å². The van der Waals surface area contributed by atoms with Crippen LogP contribution in [0.3, 0.4) is 0 Å². The summed E-state index contributed by atoms with van der Waals surface area (Å²) >= 11 is 0. The summed E-state index contributed by atoms with van der Waals surface area (Å²) in [4.78, 5) is 4.48. The Balaban J connectivity index is 1.59. The molecule has 0 atom stereocenters. The van der Waals surface area contributed by atoms with Crippen molar-refractivity contribution in [3.63, 3.8) is 0 Å². The summed E-state index contributed by atoms with van der Waals surface area (Å²) in [5.74, 6) is 0. The van der Waals surface area contributed by atoms with Gasteiger partial charge in [-0.25, -0.2) is 0 Å². The summed E-state index contributed by atoms with van der Waals surface area (Å²) in [7, 11) is 0. The Morgan fingerprint density at radius 2 is 1.76 bits per heavy atom. The van der Waals surface area contributed by atoms with E-state index in [2.05, 4.69) is 58.6 Å². The van der Waals surface area contributed by atoms with E-state index in [-0.39, 0.29) is 5.41 Å². The number of aliphatic imine (C=N–C) groups is 1. The summed E-state index contributed by atoms with van der Waals surface area (Å²) < 4.78 is 0. The van der Waals surface area contributed by atoms with Crippen LogP contribution >= 0.6 is 0 Å². The quantitative estimate of drug-likeness (QED) is 0.625. The van der Waals surface area contributed by atoms with E-state index in [0.717, 1.165) is 42.9 Å². The number of nitrogens with one attached hydrogen (secondary N) is 2. The second-order valence-corrected chi connectivity index (χ2v) is 6.68. The summed E-state index contributed by atoms with van der Waals surface area (Å²) in [6.45, 7) is 7.78. The van der Waals surface area contributed by atoms with Crippen LogP contribution < -0.4 is 21.1 Å². The fourth-order valence-electron chi connectivity index (χ4n) is 3.51. The van der Waals surface area contributed by atoms with Crippen LogP contribution in [0.1, 0.15) is 18.4 Å². The van der Waals surface area contributed by atoms with Crippen LogP contribution in [0.2, 0.25) is 0 Å². The molecule has 1 aliphatic rings. The van der Waals surface area contributed by atoms with E-state index >= 15 is 0 Å². The minimum Gasteiger partial charge on any atom is -0.317 e. The lowest BCUT2D eigenvalue weighted by atomic mass is 9.73. The lowest BCUT2D eigenvalue weighted by Gasteiger charge is -2.38. The van der Waals surface area contributed by atoms with Gasteiger partial charge in [-0.1, -0.05) is 61.2 Å². The Morgan fingerprint density at radius 3 is 2.52 bits per heavy atom. The Morgan fingerprint density at radius 1 is 1.04 bits per heavy atom. The Bertz CT molecular complexity index is 790. The van der Waals surface area contributed by atoms with Gasteiger partial charge in [-0.15, -0.1) is 0 Å². The Hall–Kier alpha value is -2.23. The van der Waals surface area contributed by atoms with Crippen molar-refractivity contribution < 1.29 is 0 Å². The lowest BCUT2D eigenvalue weighted by molar-refractivity contribution is 0.295. The maximum absolute atomic E-state index is 4.48. The Labute approximate surface area is 150 Å². The third kappa shape index (κ3) is 4.65. The molecule has 0 bridgehead atoms. The molecule has 2 N–H and O–H groups in total. The molecule has 1 fully saturated rings. The molecule has 1 aliphatic heterocycles. The van der Waals surface area contributed by atoms with Crippen molar-refractivity contribution in [3.05, 3.63) is 70.6 Å². The molecule has 1 saturated heterocycles. The van der Waals surface area contributed by atoms with Crippen LogP contribution in [0, 0.1) is 0 Å². The van der Waals surface area contributed by atoms with Gasteiger partial charge in [0.1, 0.15) is 0 Å².